The lowest BCUT2D eigenvalue weighted by molar-refractivity contribution is 0.173. The summed E-state index contributed by atoms with van der Waals surface area (Å²) in [6, 6.07) is 12.5. The van der Waals surface area contributed by atoms with Gasteiger partial charge in [0.05, 0.1) is 7.11 Å². The van der Waals surface area contributed by atoms with Crippen molar-refractivity contribution < 1.29 is 14.2 Å². The van der Waals surface area contributed by atoms with E-state index in [1.54, 1.807) is 7.11 Å². The topological polar surface area (TPSA) is 57.0 Å². The van der Waals surface area contributed by atoms with Crippen molar-refractivity contribution in [2.75, 3.05) is 20.4 Å². The molecule has 0 saturated heterocycles. The predicted molar refractivity (Wildman–Crippen MR) is 86.6 cm³/mol. The molecule has 1 unspecified atom stereocenters. The highest BCUT2D eigenvalue weighted by Crippen LogP contribution is 2.40. The highest BCUT2D eigenvalue weighted by atomic mass is 16.7. The number of fused-ring (bicyclic) bond motifs is 2. The van der Waals surface area contributed by atoms with Crippen LogP contribution in [0.3, 0.4) is 0 Å². The molecule has 120 valence electrons. The van der Waals surface area contributed by atoms with Gasteiger partial charge in [0.1, 0.15) is 5.75 Å². The fourth-order valence-electron chi connectivity index (χ4n) is 3.48. The van der Waals surface area contributed by atoms with Crippen LogP contribution < -0.4 is 19.9 Å². The first-order valence-electron chi connectivity index (χ1n) is 7.78. The molecule has 0 amide bonds. The minimum absolute atomic E-state index is 0.213. The lowest BCUT2D eigenvalue weighted by atomic mass is 10.0. The summed E-state index contributed by atoms with van der Waals surface area (Å²) in [6.45, 7) is 2.55. The average Bonchev–Trinajstić information content (AvgIpc) is 3.17. The van der Waals surface area contributed by atoms with E-state index in [-0.39, 0.29) is 6.04 Å². The Labute approximate surface area is 135 Å². The van der Waals surface area contributed by atoms with Crippen molar-refractivity contribution in [3.05, 3.63) is 53.1 Å². The fourth-order valence-corrected chi connectivity index (χ4v) is 3.48. The number of rotatable bonds is 4. The van der Waals surface area contributed by atoms with Gasteiger partial charge in [-0.15, -0.1) is 0 Å². The summed E-state index contributed by atoms with van der Waals surface area (Å²) in [7, 11) is 1.72. The zero-order chi connectivity index (χ0) is 15.8. The smallest absolute Gasteiger partial charge is 0.231 e. The molecule has 0 fully saturated rings. The third-order valence-electron chi connectivity index (χ3n) is 4.60. The first-order valence-corrected chi connectivity index (χ1v) is 7.78. The first kappa shape index (κ1) is 14.4. The summed E-state index contributed by atoms with van der Waals surface area (Å²) >= 11 is 0. The molecule has 1 atom stereocenters. The quantitative estimate of drug-likeness (QED) is 0.940. The molecule has 0 saturated carbocycles. The summed E-state index contributed by atoms with van der Waals surface area (Å²) in [5.41, 5.74) is 9.75. The molecule has 5 heteroatoms. The van der Waals surface area contributed by atoms with E-state index in [9.17, 15) is 0 Å². The minimum atomic E-state index is 0.213. The molecule has 0 aromatic heterocycles. The van der Waals surface area contributed by atoms with E-state index in [4.69, 9.17) is 19.9 Å². The molecule has 2 aromatic carbocycles. The van der Waals surface area contributed by atoms with Gasteiger partial charge in [-0.05, 0) is 29.3 Å². The largest absolute Gasteiger partial charge is 0.496 e. The number of hydrogen-bond acceptors (Lipinski definition) is 5. The molecule has 0 radical (unpaired) electrons. The van der Waals surface area contributed by atoms with E-state index in [2.05, 4.69) is 23.1 Å². The van der Waals surface area contributed by atoms with Crippen LogP contribution in [0.4, 0.5) is 0 Å². The Morgan fingerprint density at radius 2 is 2.09 bits per heavy atom. The molecule has 2 aliphatic rings. The molecule has 23 heavy (non-hydrogen) atoms. The molecule has 0 aliphatic carbocycles. The van der Waals surface area contributed by atoms with Crippen LogP contribution in [0, 0.1) is 0 Å². The Kier molecular flexibility index (Phi) is 3.59. The Hall–Kier alpha value is -2.24. The maximum absolute atomic E-state index is 6.05. The zero-order valence-corrected chi connectivity index (χ0v) is 13.1. The van der Waals surface area contributed by atoms with E-state index < -0.39 is 0 Å². The van der Waals surface area contributed by atoms with E-state index >= 15 is 0 Å². The second-order valence-corrected chi connectivity index (χ2v) is 5.87. The second-order valence-electron chi connectivity index (χ2n) is 5.87. The van der Waals surface area contributed by atoms with Crippen molar-refractivity contribution >= 4 is 0 Å². The van der Waals surface area contributed by atoms with Crippen molar-refractivity contribution in [2.24, 2.45) is 5.73 Å². The van der Waals surface area contributed by atoms with E-state index in [1.165, 1.54) is 16.7 Å². The number of ether oxygens (including phenoxy) is 3. The molecule has 2 heterocycles. The summed E-state index contributed by atoms with van der Waals surface area (Å²) in [6.07, 6.45) is 0. The summed E-state index contributed by atoms with van der Waals surface area (Å²) in [5, 5.41) is 0. The van der Waals surface area contributed by atoms with Crippen LogP contribution >= 0.6 is 0 Å². The van der Waals surface area contributed by atoms with Gasteiger partial charge in [-0.25, -0.2) is 0 Å². The third kappa shape index (κ3) is 2.42. The van der Waals surface area contributed by atoms with Crippen LogP contribution in [0.5, 0.6) is 17.2 Å². The normalized spacial score (nSPS) is 19.0. The van der Waals surface area contributed by atoms with Crippen LogP contribution in [0.25, 0.3) is 0 Å². The van der Waals surface area contributed by atoms with Gasteiger partial charge >= 0.3 is 0 Å². The zero-order valence-electron chi connectivity index (χ0n) is 13.1. The summed E-state index contributed by atoms with van der Waals surface area (Å²) in [4.78, 5) is 2.38. The van der Waals surface area contributed by atoms with Gasteiger partial charge < -0.3 is 19.9 Å². The molecule has 2 aromatic rings. The number of nitrogens with two attached hydrogens (primary N) is 1. The van der Waals surface area contributed by atoms with E-state index in [0.29, 0.717) is 13.3 Å². The number of hydrogen-bond donors (Lipinski definition) is 1. The molecule has 0 bridgehead atoms. The minimum Gasteiger partial charge on any atom is -0.496 e. The van der Waals surface area contributed by atoms with Crippen molar-refractivity contribution in [3.8, 4) is 17.2 Å². The molecule has 2 N–H and O–H groups in total. The van der Waals surface area contributed by atoms with Crippen LogP contribution in [0.2, 0.25) is 0 Å². The molecular formula is C18H20N2O3. The molecule has 2 aliphatic heterocycles. The third-order valence-corrected chi connectivity index (χ3v) is 4.60. The monoisotopic (exact) mass is 312 g/mol. The number of benzene rings is 2. The van der Waals surface area contributed by atoms with Gasteiger partial charge in [0.2, 0.25) is 6.79 Å². The van der Waals surface area contributed by atoms with Crippen molar-refractivity contribution in [1.29, 1.82) is 0 Å². The lowest BCUT2D eigenvalue weighted by Crippen LogP contribution is -2.27. The van der Waals surface area contributed by atoms with Crippen molar-refractivity contribution in [2.45, 2.75) is 19.1 Å². The van der Waals surface area contributed by atoms with Crippen LogP contribution in [-0.2, 0) is 13.1 Å². The maximum Gasteiger partial charge on any atom is 0.231 e. The maximum atomic E-state index is 6.05. The van der Waals surface area contributed by atoms with Crippen LogP contribution in [0.1, 0.15) is 22.7 Å². The first-order chi connectivity index (χ1) is 11.3. The second kappa shape index (κ2) is 5.76. The highest BCUT2D eigenvalue weighted by molar-refractivity contribution is 5.46. The average molecular weight is 312 g/mol. The fraction of sp³-hybridized carbons (Fsp3) is 0.333. The van der Waals surface area contributed by atoms with E-state index in [1.807, 2.05) is 18.2 Å². The SMILES string of the molecule is COc1cccc2c1CN(Cc1ccc3c(c1)OCO3)C2CN. The Morgan fingerprint density at radius 3 is 2.91 bits per heavy atom. The van der Waals surface area contributed by atoms with Gasteiger partial charge in [-0.2, -0.15) is 0 Å². The Balaban J connectivity index is 1.60. The standard InChI is InChI=1S/C18H20N2O3/c1-21-16-4-2-3-13-14(16)10-20(15(13)8-19)9-12-5-6-17-18(7-12)23-11-22-17/h2-7,15H,8-11,19H2,1H3. The Morgan fingerprint density at radius 1 is 1.22 bits per heavy atom. The molecule has 4 rings (SSSR count). The lowest BCUT2D eigenvalue weighted by Gasteiger charge is -2.23. The van der Waals surface area contributed by atoms with Gasteiger partial charge in [0.15, 0.2) is 11.5 Å². The van der Waals surface area contributed by atoms with Gasteiger partial charge in [0.25, 0.3) is 0 Å². The van der Waals surface area contributed by atoms with Crippen molar-refractivity contribution in [1.82, 2.24) is 4.90 Å². The van der Waals surface area contributed by atoms with Crippen LogP contribution in [0.15, 0.2) is 36.4 Å². The molecular weight excluding hydrogens is 292 g/mol. The van der Waals surface area contributed by atoms with Gasteiger partial charge in [-0.3, -0.25) is 4.90 Å². The summed E-state index contributed by atoms with van der Waals surface area (Å²) < 4.78 is 16.3. The van der Waals surface area contributed by atoms with E-state index in [0.717, 1.165) is 30.3 Å². The highest BCUT2D eigenvalue weighted by Gasteiger charge is 2.31. The van der Waals surface area contributed by atoms with Gasteiger partial charge in [-0.1, -0.05) is 18.2 Å². The number of methoxy groups -OCH3 is 1. The summed E-state index contributed by atoms with van der Waals surface area (Å²) in [5.74, 6) is 2.57. The predicted octanol–water partition coefficient (Wildman–Crippen LogP) is 2.44. The van der Waals surface area contributed by atoms with Gasteiger partial charge in [0, 0.05) is 31.2 Å². The Bertz CT molecular complexity index is 732. The molecule has 5 nitrogen and oxygen atoms in total. The molecule has 0 spiro atoms. The number of nitrogens with zero attached hydrogens (tertiary/aromatic N) is 1. The van der Waals surface area contributed by atoms with Crippen molar-refractivity contribution in [3.63, 3.8) is 0 Å². The van der Waals surface area contributed by atoms with Crippen LogP contribution in [-0.4, -0.2) is 25.3 Å².